The molecule has 0 atom stereocenters. The fraction of sp³-hybridized carbons (Fsp3) is 0.259. The number of carbonyl (C=O) groups excluding carboxylic acids is 2. The van der Waals surface area contributed by atoms with Gasteiger partial charge in [-0.25, -0.2) is 0 Å². The molecule has 0 radical (unpaired) electrons. The monoisotopic (exact) mass is 443 g/mol. The molecule has 0 bridgehead atoms. The third-order valence-corrected chi connectivity index (χ3v) is 5.99. The summed E-state index contributed by atoms with van der Waals surface area (Å²) in [7, 11) is 1.58. The van der Waals surface area contributed by atoms with Gasteiger partial charge in [-0.1, -0.05) is 42.5 Å². The number of carbonyl (C=O) groups is 2. The van der Waals surface area contributed by atoms with E-state index in [-0.39, 0.29) is 17.7 Å². The maximum absolute atomic E-state index is 13.0. The molecule has 0 aromatic heterocycles. The van der Waals surface area contributed by atoms with Gasteiger partial charge in [0.05, 0.1) is 18.5 Å². The molecular formula is C27H29N3O3. The van der Waals surface area contributed by atoms with Crippen molar-refractivity contribution in [2.75, 3.05) is 30.8 Å². The van der Waals surface area contributed by atoms with Crippen molar-refractivity contribution in [2.24, 2.45) is 5.92 Å². The van der Waals surface area contributed by atoms with Gasteiger partial charge in [-0.15, -0.1) is 0 Å². The van der Waals surface area contributed by atoms with Gasteiger partial charge < -0.3 is 15.4 Å². The lowest BCUT2D eigenvalue weighted by Crippen LogP contribution is -2.37. The lowest BCUT2D eigenvalue weighted by molar-refractivity contribution is -0.121. The third-order valence-electron chi connectivity index (χ3n) is 5.99. The van der Waals surface area contributed by atoms with Gasteiger partial charge >= 0.3 is 0 Å². The Labute approximate surface area is 194 Å². The molecule has 1 heterocycles. The number of amides is 2. The van der Waals surface area contributed by atoms with Crippen LogP contribution in [0.3, 0.4) is 0 Å². The second kappa shape index (κ2) is 10.8. The number of rotatable bonds is 7. The van der Waals surface area contributed by atoms with Crippen LogP contribution in [0.15, 0.2) is 78.9 Å². The van der Waals surface area contributed by atoms with Crippen LogP contribution in [0.5, 0.6) is 5.75 Å². The quantitative estimate of drug-likeness (QED) is 0.550. The number of nitrogens with zero attached hydrogens (tertiary/aromatic N) is 1. The molecule has 170 valence electrons. The maximum atomic E-state index is 13.0. The molecule has 0 unspecified atom stereocenters. The molecule has 1 aliphatic heterocycles. The molecule has 3 aromatic carbocycles. The minimum atomic E-state index is -0.242. The first-order valence-electron chi connectivity index (χ1n) is 11.2. The predicted octanol–water partition coefficient (Wildman–Crippen LogP) is 4.80. The number of piperidine rings is 1. The van der Waals surface area contributed by atoms with Gasteiger partial charge in [-0.2, -0.15) is 0 Å². The van der Waals surface area contributed by atoms with Gasteiger partial charge in [0.2, 0.25) is 5.91 Å². The average molecular weight is 444 g/mol. The van der Waals surface area contributed by atoms with E-state index in [1.54, 1.807) is 37.4 Å². The van der Waals surface area contributed by atoms with E-state index in [1.165, 1.54) is 5.56 Å². The van der Waals surface area contributed by atoms with Crippen molar-refractivity contribution in [3.05, 3.63) is 90.0 Å². The molecule has 33 heavy (non-hydrogen) atoms. The molecule has 2 N–H and O–H groups in total. The lowest BCUT2D eigenvalue weighted by Gasteiger charge is -2.31. The molecular weight excluding hydrogens is 414 g/mol. The highest BCUT2D eigenvalue weighted by Crippen LogP contribution is 2.25. The number of nitrogens with one attached hydrogen (secondary N) is 2. The van der Waals surface area contributed by atoms with Crippen LogP contribution in [0.25, 0.3) is 0 Å². The first-order valence-corrected chi connectivity index (χ1v) is 11.2. The SMILES string of the molecule is COc1ccc(C(=O)Nc2ccccc2NC(=O)C2CCN(Cc3ccccc3)CC2)cc1. The summed E-state index contributed by atoms with van der Waals surface area (Å²) in [6.07, 6.45) is 1.64. The van der Waals surface area contributed by atoms with Crippen LogP contribution in [0.1, 0.15) is 28.8 Å². The van der Waals surface area contributed by atoms with Gasteiger partial charge in [0.15, 0.2) is 0 Å². The van der Waals surface area contributed by atoms with Crippen LogP contribution in [-0.2, 0) is 11.3 Å². The summed E-state index contributed by atoms with van der Waals surface area (Å²) in [4.78, 5) is 28.0. The third kappa shape index (κ3) is 5.99. The van der Waals surface area contributed by atoms with E-state index >= 15 is 0 Å². The normalized spacial score (nSPS) is 14.5. The van der Waals surface area contributed by atoms with E-state index in [0.717, 1.165) is 32.5 Å². The Bertz CT molecular complexity index is 1080. The highest BCUT2D eigenvalue weighted by atomic mass is 16.5. The summed E-state index contributed by atoms with van der Waals surface area (Å²) in [6, 6.07) is 24.6. The summed E-state index contributed by atoms with van der Waals surface area (Å²) in [5, 5.41) is 5.93. The van der Waals surface area contributed by atoms with Gasteiger partial charge in [0.1, 0.15) is 5.75 Å². The summed E-state index contributed by atoms with van der Waals surface area (Å²) in [5.74, 6) is 0.408. The first-order chi connectivity index (χ1) is 16.1. The van der Waals surface area contributed by atoms with Crippen LogP contribution < -0.4 is 15.4 Å². The summed E-state index contributed by atoms with van der Waals surface area (Å²) in [6.45, 7) is 2.70. The number of methoxy groups -OCH3 is 1. The van der Waals surface area contributed by atoms with E-state index in [9.17, 15) is 9.59 Å². The highest BCUT2D eigenvalue weighted by Gasteiger charge is 2.25. The van der Waals surface area contributed by atoms with Crippen LogP contribution in [0, 0.1) is 5.92 Å². The Morgan fingerprint density at radius 1 is 0.848 bits per heavy atom. The minimum Gasteiger partial charge on any atom is -0.497 e. The van der Waals surface area contributed by atoms with Crippen molar-refractivity contribution in [1.29, 1.82) is 0 Å². The average Bonchev–Trinajstić information content (AvgIpc) is 2.86. The number of para-hydroxylation sites is 2. The molecule has 0 aliphatic carbocycles. The zero-order valence-corrected chi connectivity index (χ0v) is 18.8. The number of likely N-dealkylation sites (tertiary alicyclic amines) is 1. The number of anilines is 2. The zero-order valence-electron chi connectivity index (χ0n) is 18.8. The van der Waals surface area contributed by atoms with Crippen LogP contribution in [0.2, 0.25) is 0 Å². The number of hydrogen-bond acceptors (Lipinski definition) is 4. The van der Waals surface area contributed by atoms with Gasteiger partial charge in [0.25, 0.3) is 5.91 Å². The summed E-state index contributed by atoms with van der Waals surface area (Å²) < 4.78 is 5.14. The second-order valence-corrected chi connectivity index (χ2v) is 8.25. The molecule has 6 nitrogen and oxygen atoms in total. The second-order valence-electron chi connectivity index (χ2n) is 8.25. The Morgan fingerprint density at radius 3 is 2.09 bits per heavy atom. The fourth-order valence-electron chi connectivity index (χ4n) is 4.07. The van der Waals surface area contributed by atoms with Gasteiger partial charge in [-0.05, 0) is 67.9 Å². The minimum absolute atomic E-state index is 0.000470. The number of ether oxygens (including phenoxy) is 1. The Kier molecular flexibility index (Phi) is 7.37. The Hall–Kier alpha value is -3.64. The van der Waals surface area contributed by atoms with E-state index < -0.39 is 0 Å². The van der Waals surface area contributed by atoms with E-state index in [1.807, 2.05) is 24.3 Å². The number of benzene rings is 3. The maximum Gasteiger partial charge on any atom is 0.255 e. The topological polar surface area (TPSA) is 70.7 Å². The summed E-state index contributed by atoms with van der Waals surface area (Å²) >= 11 is 0. The molecule has 6 heteroatoms. The molecule has 0 spiro atoms. The first kappa shape index (κ1) is 22.6. The molecule has 1 saturated heterocycles. The predicted molar refractivity (Wildman–Crippen MR) is 130 cm³/mol. The van der Waals surface area contributed by atoms with Crippen molar-refractivity contribution in [3.8, 4) is 5.75 Å². The fourth-order valence-corrected chi connectivity index (χ4v) is 4.07. The van der Waals surface area contributed by atoms with Gasteiger partial charge in [0, 0.05) is 18.0 Å². The van der Waals surface area contributed by atoms with Crippen LogP contribution in [-0.4, -0.2) is 36.9 Å². The molecule has 0 saturated carbocycles. The van der Waals surface area contributed by atoms with Crippen molar-refractivity contribution in [2.45, 2.75) is 19.4 Å². The number of hydrogen-bond donors (Lipinski definition) is 2. The lowest BCUT2D eigenvalue weighted by atomic mass is 9.95. The summed E-state index contributed by atoms with van der Waals surface area (Å²) in [5.41, 5.74) is 2.99. The van der Waals surface area contributed by atoms with Crippen molar-refractivity contribution in [3.63, 3.8) is 0 Å². The van der Waals surface area contributed by atoms with E-state index in [4.69, 9.17) is 4.74 Å². The van der Waals surface area contributed by atoms with Crippen molar-refractivity contribution in [1.82, 2.24) is 4.90 Å². The van der Waals surface area contributed by atoms with Crippen molar-refractivity contribution < 1.29 is 14.3 Å². The molecule has 4 rings (SSSR count). The zero-order chi connectivity index (χ0) is 23.0. The Balaban J connectivity index is 1.33. The van der Waals surface area contributed by atoms with Crippen molar-refractivity contribution >= 4 is 23.2 Å². The Morgan fingerprint density at radius 2 is 1.45 bits per heavy atom. The molecule has 3 aromatic rings. The molecule has 1 fully saturated rings. The van der Waals surface area contributed by atoms with Crippen LogP contribution in [0.4, 0.5) is 11.4 Å². The largest absolute Gasteiger partial charge is 0.497 e. The van der Waals surface area contributed by atoms with E-state index in [2.05, 4.69) is 39.8 Å². The molecule has 2 amide bonds. The van der Waals surface area contributed by atoms with Gasteiger partial charge in [-0.3, -0.25) is 14.5 Å². The van der Waals surface area contributed by atoms with E-state index in [0.29, 0.717) is 22.7 Å². The van der Waals surface area contributed by atoms with Crippen LogP contribution >= 0.6 is 0 Å². The smallest absolute Gasteiger partial charge is 0.255 e. The highest BCUT2D eigenvalue weighted by molar-refractivity contribution is 6.07. The standard InChI is InChI=1S/C27H29N3O3/c1-33-23-13-11-21(12-14-23)26(31)28-24-9-5-6-10-25(24)29-27(32)22-15-17-30(18-16-22)19-20-7-3-2-4-8-20/h2-14,22H,15-19H2,1H3,(H,28,31)(H,29,32). The molecule has 1 aliphatic rings.